The number of pyridine rings is 1. The van der Waals surface area contributed by atoms with Crippen molar-refractivity contribution in [3.05, 3.63) is 32.7 Å². The van der Waals surface area contributed by atoms with E-state index in [9.17, 15) is 4.79 Å². The van der Waals surface area contributed by atoms with E-state index >= 15 is 0 Å². The Morgan fingerprint density at radius 1 is 1.33 bits per heavy atom. The van der Waals surface area contributed by atoms with Gasteiger partial charge in [0, 0.05) is 12.2 Å². The van der Waals surface area contributed by atoms with E-state index in [1.165, 1.54) is 4.57 Å². The van der Waals surface area contributed by atoms with Gasteiger partial charge in [-0.05, 0) is 31.9 Å². The fourth-order valence-corrected chi connectivity index (χ4v) is 1.61. The summed E-state index contributed by atoms with van der Waals surface area (Å²) in [7, 11) is 0. The number of aliphatic hydroxyl groups excluding tert-OH is 1. The lowest BCUT2D eigenvalue weighted by atomic mass is 10.0. The highest BCUT2D eigenvalue weighted by atomic mass is 16.3. The minimum atomic E-state index is -0.313. The predicted octanol–water partition coefficient (Wildman–Crippen LogP) is 0.638. The van der Waals surface area contributed by atoms with Crippen molar-refractivity contribution in [3.8, 4) is 6.07 Å². The second-order valence-electron chi connectivity index (χ2n) is 3.50. The summed E-state index contributed by atoms with van der Waals surface area (Å²) in [5.41, 5.74) is 2.33. The minimum Gasteiger partial charge on any atom is -0.395 e. The molecule has 4 nitrogen and oxygen atoms in total. The molecule has 0 saturated heterocycles. The number of aliphatic hydroxyl groups is 1. The van der Waals surface area contributed by atoms with E-state index in [4.69, 9.17) is 10.4 Å². The van der Waals surface area contributed by atoms with Crippen LogP contribution >= 0.6 is 0 Å². The molecule has 1 heterocycles. The smallest absolute Gasteiger partial charge is 0.269 e. The molecule has 0 aliphatic heterocycles. The van der Waals surface area contributed by atoms with Crippen LogP contribution in [0.5, 0.6) is 0 Å². The maximum atomic E-state index is 11.8. The van der Waals surface area contributed by atoms with Gasteiger partial charge in [0.1, 0.15) is 11.6 Å². The molecule has 0 unspecified atom stereocenters. The summed E-state index contributed by atoms with van der Waals surface area (Å²) < 4.78 is 1.45. The van der Waals surface area contributed by atoms with E-state index in [-0.39, 0.29) is 24.3 Å². The molecule has 0 radical (unpaired) electrons. The standard InChI is InChI=1S/C11H14N2O2/c1-7-8(2)10(6-12)11(15)13(4-5-14)9(7)3/h14H,4-5H2,1-3H3. The van der Waals surface area contributed by atoms with Crippen LogP contribution in [-0.2, 0) is 6.54 Å². The van der Waals surface area contributed by atoms with Crippen molar-refractivity contribution in [1.82, 2.24) is 4.57 Å². The molecular weight excluding hydrogens is 192 g/mol. The Morgan fingerprint density at radius 2 is 1.93 bits per heavy atom. The largest absolute Gasteiger partial charge is 0.395 e. The first-order valence-corrected chi connectivity index (χ1v) is 4.76. The van der Waals surface area contributed by atoms with Crippen LogP contribution in [0.3, 0.4) is 0 Å². The van der Waals surface area contributed by atoms with Crippen molar-refractivity contribution >= 4 is 0 Å². The lowest BCUT2D eigenvalue weighted by molar-refractivity contribution is 0.272. The normalized spacial score (nSPS) is 10.1. The molecule has 0 aliphatic rings. The average molecular weight is 206 g/mol. The maximum Gasteiger partial charge on any atom is 0.269 e. The third kappa shape index (κ3) is 1.79. The Morgan fingerprint density at radius 3 is 2.40 bits per heavy atom. The summed E-state index contributed by atoms with van der Waals surface area (Å²) in [6.45, 7) is 5.60. The van der Waals surface area contributed by atoms with Crippen LogP contribution in [-0.4, -0.2) is 16.3 Å². The quantitative estimate of drug-likeness (QED) is 0.772. The molecule has 0 fully saturated rings. The van der Waals surface area contributed by atoms with Crippen LogP contribution < -0.4 is 5.56 Å². The van der Waals surface area contributed by atoms with Crippen LogP contribution in [0.1, 0.15) is 22.4 Å². The van der Waals surface area contributed by atoms with Gasteiger partial charge in [-0.1, -0.05) is 0 Å². The number of aromatic nitrogens is 1. The highest BCUT2D eigenvalue weighted by Gasteiger charge is 2.13. The van der Waals surface area contributed by atoms with E-state index in [0.29, 0.717) is 0 Å². The van der Waals surface area contributed by atoms with E-state index in [1.54, 1.807) is 6.92 Å². The van der Waals surface area contributed by atoms with E-state index in [1.807, 2.05) is 19.9 Å². The maximum absolute atomic E-state index is 11.8. The van der Waals surface area contributed by atoms with E-state index < -0.39 is 0 Å². The Kier molecular flexibility index (Phi) is 3.28. The number of rotatable bonds is 2. The van der Waals surface area contributed by atoms with Gasteiger partial charge in [0.05, 0.1) is 6.61 Å². The molecule has 4 heteroatoms. The SMILES string of the molecule is Cc1c(C)c(C)n(CCO)c(=O)c1C#N. The first-order chi connectivity index (χ1) is 7.04. The summed E-state index contributed by atoms with van der Waals surface area (Å²) in [6.07, 6.45) is 0. The van der Waals surface area contributed by atoms with Gasteiger partial charge in [-0.2, -0.15) is 5.26 Å². The van der Waals surface area contributed by atoms with Gasteiger partial charge >= 0.3 is 0 Å². The summed E-state index contributed by atoms with van der Waals surface area (Å²) in [6, 6.07) is 1.92. The van der Waals surface area contributed by atoms with Crippen LogP contribution in [0, 0.1) is 32.1 Å². The molecule has 0 amide bonds. The second-order valence-corrected chi connectivity index (χ2v) is 3.50. The Labute approximate surface area is 88.4 Å². The number of hydrogen-bond donors (Lipinski definition) is 1. The molecule has 15 heavy (non-hydrogen) atoms. The van der Waals surface area contributed by atoms with Gasteiger partial charge in [-0.25, -0.2) is 0 Å². The third-order valence-electron chi connectivity index (χ3n) is 2.78. The Hall–Kier alpha value is -1.60. The highest BCUT2D eigenvalue weighted by Crippen LogP contribution is 2.12. The monoisotopic (exact) mass is 206 g/mol. The molecule has 0 bridgehead atoms. The van der Waals surface area contributed by atoms with Gasteiger partial charge < -0.3 is 9.67 Å². The number of hydrogen-bond acceptors (Lipinski definition) is 3. The molecule has 1 aromatic rings. The highest BCUT2D eigenvalue weighted by molar-refractivity contribution is 5.41. The lowest BCUT2D eigenvalue weighted by Gasteiger charge is -2.14. The number of nitriles is 1. The van der Waals surface area contributed by atoms with Crippen molar-refractivity contribution in [1.29, 1.82) is 5.26 Å². The summed E-state index contributed by atoms with van der Waals surface area (Å²) in [5, 5.41) is 17.7. The van der Waals surface area contributed by atoms with Gasteiger partial charge in [0.2, 0.25) is 0 Å². The van der Waals surface area contributed by atoms with E-state index in [2.05, 4.69) is 0 Å². The zero-order valence-corrected chi connectivity index (χ0v) is 9.16. The summed E-state index contributed by atoms with van der Waals surface area (Å²) in [4.78, 5) is 11.8. The summed E-state index contributed by atoms with van der Waals surface area (Å²) >= 11 is 0. The van der Waals surface area contributed by atoms with Crippen molar-refractivity contribution in [3.63, 3.8) is 0 Å². The fraction of sp³-hybridized carbons (Fsp3) is 0.455. The Bertz CT molecular complexity index is 481. The molecule has 0 aromatic carbocycles. The van der Waals surface area contributed by atoms with Crippen LogP contribution in [0.2, 0.25) is 0 Å². The molecule has 0 atom stereocenters. The minimum absolute atomic E-state index is 0.103. The van der Waals surface area contributed by atoms with Gasteiger partial charge in [0.15, 0.2) is 0 Å². The van der Waals surface area contributed by atoms with Crippen LogP contribution in [0.4, 0.5) is 0 Å². The van der Waals surface area contributed by atoms with Crippen molar-refractivity contribution < 1.29 is 5.11 Å². The molecule has 0 aliphatic carbocycles. The molecule has 0 spiro atoms. The van der Waals surface area contributed by atoms with Crippen molar-refractivity contribution in [2.24, 2.45) is 0 Å². The van der Waals surface area contributed by atoms with Gasteiger partial charge in [-0.3, -0.25) is 4.79 Å². The van der Waals surface area contributed by atoms with Gasteiger partial charge in [-0.15, -0.1) is 0 Å². The molecule has 1 rings (SSSR count). The zero-order chi connectivity index (χ0) is 11.6. The zero-order valence-electron chi connectivity index (χ0n) is 9.16. The van der Waals surface area contributed by atoms with Gasteiger partial charge in [0.25, 0.3) is 5.56 Å². The molecule has 1 aromatic heterocycles. The molecule has 0 saturated carbocycles. The van der Waals surface area contributed by atoms with Crippen molar-refractivity contribution in [2.45, 2.75) is 27.3 Å². The molecular formula is C11H14N2O2. The fourth-order valence-electron chi connectivity index (χ4n) is 1.61. The molecule has 1 N–H and O–H groups in total. The topological polar surface area (TPSA) is 66.0 Å². The predicted molar refractivity (Wildman–Crippen MR) is 56.7 cm³/mol. The van der Waals surface area contributed by atoms with E-state index in [0.717, 1.165) is 16.8 Å². The molecule has 80 valence electrons. The number of nitrogens with zero attached hydrogens (tertiary/aromatic N) is 2. The first kappa shape index (κ1) is 11.5. The lowest BCUT2D eigenvalue weighted by Crippen LogP contribution is -2.28. The average Bonchev–Trinajstić information content (AvgIpc) is 2.22. The third-order valence-corrected chi connectivity index (χ3v) is 2.78. The Balaban J connectivity index is 3.63. The van der Waals surface area contributed by atoms with Crippen LogP contribution in [0.25, 0.3) is 0 Å². The summed E-state index contributed by atoms with van der Waals surface area (Å²) in [5.74, 6) is 0. The van der Waals surface area contributed by atoms with Crippen molar-refractivity contribution in [2.75, 3.05) is 6.61 Å². The second kappa shape index (κ2) is 4.28. The first-order valence-electron chi connectivity index (χ1n) is 4.76. The van der Waals surface area contributed by atoms with Crippen LogP contribution in [0.15, 0.2) is 4.79 Å².